The average molecular weight is 302 g/mol. The van der Waals surface area contributed by atoms with Gasteiger partial charge in [0.05, 0.1) is 23.1 Å². The first-order valence-corrected chi connectivity index (χ1v) is 6.52. The van der Waals surface area contributed by atoms with Crippen LogP contribution in [0.1, 0.15) is 27.2 Å². The Labute approximate surface area is 106 Å². The Morgan fingerprint density at radius 3 is 2.81 bits per heavy atom. The molecule has 0 aliphatic rings. The van der Waals surface area contributed by atoms with Gasteiger partial charge in [-0.3, -0.25) is 0 Å². The maximum absolute atomic E-state index is 10.0. The van der Waals surface area contributed by atoms with Gasteiger partial charge in [0.2, 0.25) is 0 Å². The van der Waals surface area contributed by atoms with Gasteiger partial charge in [-0.2, -0.15) is 0 Å². The highest BCUT2D eigenvalue weighted by molar-refractivity contribution is 9.10. The standard InChI is InChI=1S/C11H12BrNO2S/c1-6-7(2)16-10(13-6)5-9(14)8-3-4-15-11(8)12/h3-4,9,14H,5H2,1-2H3. The third kappa shape index (κ3) is 2.36. The van der Waals surface area contributed by atoms with Crippen molar-refractivity contribution in [3.05, 3.63) is 38.1 Å². The molecule has 0 saturated heterocycles. The Morgan fingerprint density at radius 1 is 1.56 bits per heavy atom. The number of rotatable bonds is 3. The number of nitrogens with zero attached hydrogens (tertiary/aromatic N) is 1. The van der Waals surface area contributed by atoms with E-state index < -0.39 is 6.10 Å². The lowest BCUT2D eigenvalue weighted by Crippen LogP contribution is -2.00. The number of halogens is 1. The molecule has 2 aromatic rings. The van der Waals surface area contributed by atoms with Crippen molar-refractivity contribution in [3.63, 3.8) is 0 Å². The van der Waals surface area contributed by atoms with Gasteiger partial charge >= 0.3 is 0 Å². The largest absolute Gasteiger partial charge is 0.457 e. The lowest BCUT2D eigenvalue weighted by molar-refractivity contribution is 0.176. The molecule has 1 atom stereocenters. The highest BCUT2D eigenvalue weighted by Crippen LogP contribution is 2.28. The number of aliphatic hydroxyl groups excluding tert-OH is 1. The third-order valence-electron chi connectivity index (χ3n) is 2.45. The van der Waals surface area contributed by atoms with Crippen LogP contribution in [0.5, 0.6) is 0 Å². The van der Waals surface area contributed by atoms with E-state index in [2.05, 4.69) is 20.9 Å². The molecular formula is C11H12BrNO2S. The van der Waals surface area contributed by atoms with Crippen LogP contribution >= 0.6 is 27.3 Å². The number of furan rings is 1. The van der Waals surface area contributed by atoms with E-state index in [1.807, 2.05) is 13.8 Å². The summed E-state index contributed by atoms with van der Waals surface area (Å²) >= 11 is 4.89. The molecule has 0 amide bonds. The molecule has 0 aliphatic heterocycles. The molecule has 2 rings (SSSR count). The van der Waals surface area contributed by atoms with E-state index in [0.29, 0.717) is 11.1 Å². The van der Waals surface area contributed by atoms with Gasteiger partial charge in [0.25, 0.3) is 0 Å². The fourth-order valence-corrected chi connectivity index (χ4v) is 2.92. The topological polar surface area (TPSA) is 46.3 Å². The van der Waals surface area contributed by atoms with Crippen LogP contribution in [0.25, 0.3) is 0 Å². The predicted molar refractivity (Wildman–Crippen MR) is 66.7 cm³/mol. The maximum atomic E-state index is 10.0. The number of thiazole rings is 1. The summed E-state index contributed by atoms with van der Waals surface area (Å²) in [4.78, 5) is 5.60. The zero-order valence-corrected chi connectivity index (χ0v) is 11.4. The molecule has 0 saturated carbocycles. The Morgan fingerprint density at radius 2 is 2.31 bits per heavy atom. The Bertz CT molecular complexity index is 472. The SMILES string of the molecule is Cc1nc(CC(O)c2ccoc2Br)sc1C. The number of aromatic nitrogens is 1. The summed E-state index contributed by atoms with van der Waals surface area (Å²) in [6.45, 7) is 4.02. The molecule has 0 aromatic carbocycles. The molecule has 0 radical (unpaired) electrons. The molecule has 2 aromatic heterocycles. The normalized spacial score (nSPS) is 13.0. The van der Waals surface area contributed by atoms with E-state index in [-0.39, 0.29) is 0 Å². The number of hydrogen-bond acceptors (Lipinski definition) is 4. The van der Waals surface area contributed by atoms with Crippen LogP contribution in [0, 0.1) is 13.8 Å². The van der Waals surface area contributed by atoms with E-state index in [1.165, 1.54) is 4.88 Å². The van der Waals surface area contributed by atoms with Gasteiger partial charge in [-0.15, -0.1) is 11.3 Å². The highest BCUT2D eigenvalue weighted by Gasteiger charge is 2.16. The van der Waals surface area contributed by atoms with E-state index in [0.717, 1.165) is 16.3 Å². The predicted octanol–water partition coefficient (Wildman–Crippen LogP) is 3.39. The van der Waals surface area contributed by atoms with Crippen molar-refractivity contribution in [2.24, 2.45) is 0 Å². The van der Waals surface area contributed by atoms with Gasteiger partial charge in [0, 0.05) is 16.9 Å². The van der Waals surface area contributed by atoms with E-state index in [9.17, 15) is 5.11 Å². The first-order chi connectivity index (χ1) is 7.58. The molecule has 5 heteroatoms. The minimum absolute atomic E-state index is 0.525. The fourth-order valence-electron chi connectivity index (χ4n) is 1.44. The van der Waals surface area contributed by atoms with Crippen LogP contribution in [0.2, 0.25) is 0 Å². The number of hydrogen-bond donors (Lipinski definition) is 1. The van der Waals surface area contributed by atoms with Crippen molar-refractivity contribution in [2.45, 2.75) is 26.4 Å². The molecule has 0 aliphatic carbocycles. The lowest BCUT2D eigenvalue weighted by atomic mass is 10.1. The molecule has 1 unspecified atom stereocenters. The Balaban J connectivity index is 2.13. The fraction of sp³-hybridized carbons (Fsp3) is 0.364. The van der Waals surface area contributed by atoms with E-state index in [4.69, 9.17) is 4.42 Å². The van der Waals surface area contributed by atoms with Crippen molar-refractivity contribution >= 4 is 27.3 Å². The molecule has 0 bridgehead atoms. The van der Waals surface area contributed by atoms with E-state index in [1.54, 1.807) is 23.7 Å². The van der Waals surface area contributed by atoms with Crippen molar-refractivity contribution in [3.8, 4) is 0 Å². The van der Waals surface area contributed by atoms with Crippen molar-refractivity contribution in [2.75, 3.05) is 0 Å². The molecular weight excluding hydrogens is 290 g/mol. The quantitative estimate of drug-likeness (QED) is 0.945. The van der Waals surface area contributed by atoms with Crippen LogP contribution < -0.4 is 0 Å². The summed E-state index contributed by atoms with van der Waals surface area (Å²) < 4.78 is 5.68. The second-order valence-electron chi connectivity index (χ2n) is 3.62. The smallest absolute Gasteiger partial charge is 0.174 e. The van der Waals surface area contributed by atoms with Crippen LogP contribution in [-0.4, -0.2) is 10.1 Å². The van der Waals surface area contributed by atoms with Crippen LogP contribution in [0.15, 0.2) is 21.4 Å². The van der Waals surface area contributed by atoms with Gasteiger partial charge < -0.3 is 9.52 Å². The summed E-state index contributed by atoms with van der Waals surface area (Å²) in [5.74, 6) is 0. The van der Waals surface area contributed by atoms with E-state index >= 15 is 0 Å². The second kappa shape index (κ2) is 4.69. The van der Waals surface area contributed by atoms with Gasteiger partial charge in [-0.05, 0) is 35.8 Å². The van der Waals surface area contributed by atoms with Gasteiger partial charge in [0.1, 0.15) is 0 Å². The van der Waals surface area contributed by atoms with Crippen LogP contribution in [-0.2, 0) is 6.42 Å². The number of aliphatic hydroxyl groups is 1. The summed E-state index contributed by atoms with van der Waals surface area (Å²) in [6, 6.07) is 1.77. The summed E-state index contributed by atoms with van der Waals surface area (Å²) in [5.41, 5.74) is 1.81. The van der Waals surface area contributed by atoms with Gasteiger partial charge in [-0.25, -0.2) is 4.98 Å². The third-order valence-corrected chi connectivity index (χ3v) is 4.19. The van der Waals surface area contributed by atoms with Crippen LogP contribution in [0.3, 0.4) is 0 Å². The van der Waals surface area contributed by atoms with Crippen molar-refractivity contribution in [1.29, 1.82) is 0 Å². The minimum atomic E-state index is -0.571. The zero-order valence-electron chi connectivity index (χ0n) is 9.03. The van der Waals surface area contributed by atoms with Crippen molar-refractivity contribution in [1.82, 2.24) is 4.98 Å². The maximum Gasteiger partial charge on any atom is 0.174 e. The second-order valence-corrected chi connectivity index (χ2v) is 5.63. The summed E-state index contributed by atoms with van der Waals surface area (Å²) in [6.07, 6.45) is 1.51. The first-order valence-electron chi connectivity index (χ1n) is 4.91. The molecule has 16 heavy (non-hydrogen) atoms. The Hall–Kier alpha value is -0.650. The molecule has 0 spiro atoms. The zero-order chi connectivity index (χ0) is 11.7. The lowest BCUT2D eigenvalue weighted by Gasteiger charge is -2.06. The van der Waals surface area contributed by atoms with Gasteiger partial charge in [-0.1, -0.05) is 0 Å². The molecule has 2 heterocycles. The highest BCUT2D eigenvalue weighted by atomic mass is 79.9. The van der Waals surface area contributed by atoms with Crippen molar-refractivity contribution < 1.29 is 9.52 Å². The molecule has 3 nitrogen and oxygen atoms in total. The molecule has 0 fully saturated rings. The monoisotopic (exact) mass is 301 g/mol. The summed E-state index contributed by atoms with van der Waals surface area (Å²) in [7, 11) is 0. The van der Waals surface area contributed by atoms with Crippen LogP contribution in [0.4, 0.5) is 0 Å². The Kier molecular flexibility index (Phi) is 3.47. The number of aryl methyl sites for hydroxylation is 2. The van der Waals surface area contributed by atoms with Gasteiger partial charge in [0.15, 0.2) is 4.67 Å². The minimum Gasteiger partial charge on any atom is -0.457 e. The molecule has 86 valence electrons. The molecule has 1 N–H and O–H groups in total. The summed E-state index contributed by atoms with van der Waals surface area (Å²) in [5, 5.41) is 11.0. The average Bonchev–Trinajstić information content (AvgIpc) is 2.74. The first kappa shape index (κ1) is 11.8.